The van der Waals surface area contributed by atoms with Crippen molar-refractivity contribution in [1.82, 2.24) is 5.32 Å². The van der Waals surface area contributed by atoms with Crippen LogP contribution in [0.4, 0.5) is 4.39 Å². The van der Waals surface area contributed by atoms with Crippen LogP contribution in [0.2, 0.25) is 0 Å². The lowest BCUT2D eigenvalue weighted by Crippen LogP contribution is -2.33. The second kappa shape index (κ2) is 6.02. The van der Waals surface area contributed by atoms with Gasteiger partial charge in [-0.1, -0.05) is 6.92 Å². The Morgan fingerprint density at radius 2 is 2.10 bits per heavy atom. The van der Waals surface area contributed by atoms with Crippen LogP contribution >= 0.6 is 15.9 Å². The summed E-state index contributed by atoms with van der Waals surface area (Å²) in [5, 5.41) is 7.82. The maximum Gasteiger partial charge on any atom is 0.251 e. The Balaban J connectivity index is 2.28. The molecule has 5 nitrogen and oxygen atoms in total. The largest absolute Gasteiger partial charge is 0.349 e. The van der Waals surface area contributed by atoms with Crippen LogP contribution in [0.25, 0.3) is 0 Å². The van der Waals surface area contributed by atoms with Crippen LogP contribution in [0.15, 0.2) is 21.5 Å². The molecule has 1 aliphatic carbocycles. The van der Waals surface area contributed by atoms with Gasteiger partial charge in [0.15, 0.2) is 0 Å². The van der Waals surface area contributed by atoms with E-state index in [4.69, 9.17) is 5.14 Å². The Labute approximate surface area is 131 Å². The lowest BCUT2D eigenvalue weighted by Gasteiger charge is -2.13. The van der Waals surface area contributed by atoms with E-state index in [1.807, 2.05) is 0 Å². The predicted octanol–water partition coefficient (Wildman–Crippen LogP) is 2.15. The van der Waals surface area contributed by atoms with Crippen LogP contribution < -0.4 is 10.5 Å². The first-order valence-electron chi connectivity index (χ1n) is 6.51. The lowest BCUT2D eigenvalue weighted by molar-refractivity contribution is 0.0936. The maximum absolute atomic E-state index is 13.8. The fourth-order valence-corrected chi connectivity index (χ4v) is 4.05. The van der Waals surface area contributed by atoms with Crippen LogP contribution in [0.1, 0.15) is 36.5 Å². The second-order valence-corrected chi connectivity index (χ2v) is 7.73. The number of rotatable bonds is 3. The molecule has 0 aromatic heterocycles. The van der Waals surface area contributed by atoms with Crippen molar-refractivity contribution >= 4 is 31.9 Å². The minimum absolute atomic E-state index is 0.0390. The minimum atomic E-state index is -4.11. The third-order valence-electron chi connectivity index (χ3n) is 3.59. The van der Waals surface area contributed by atoms with Gasteiger partial charge in [-0.05, 0) is 53.2 Å². The number of halogens is 2. The standard InChI is InChI=1S/C13H16BrFN2O3S/c1-7-2-3-9(4-7)17-13(18)8-5-10(15)12(14)11(6-8)21(16,19)20/h5-7,9H,2-4H2,1H3,(H,17,18)(H2,16,19,20). The second-order valence-electron chi connectivity index (χ2n) is 5.40. The molecule has 2 unspecified atom stereocenters. The topological polar surface area (TPSA) is 89.3 Å². The smallest absolute Gasteiger partial charge is 0.251 e. The van der Waals surface area contributed by atoms with Crippen molar-refractivity contribution < 1.29 is 17.6 Å². The number of benzene rings is 1. The Morgan fingerprint density at radius 3 is 2.62 bits per heavy atom. The average Bonchev–Trinajstić information content (AvgIpc) is 2.76. The first-order chi connectivity index (χ1) is 9.68. The molecule has 1 aliphatic rings. The molecular weight excluding hydrogens is 363 g/mol. The zero-order chi connectivity index (χ0) is 15.8. The molecule has 1 aromatic carbocycles. The highest BCUT2D eigenvalue weighted by molar-refractivity contribution is 9.10. The van der Waals surface area contributed by atoms with Gasteiger partial charge in [0.05, 0.1) is 9.37 Å². The van der Waals surface area contributed by atoms with Gasteiger partial charge in [-0.2, -0.15) is 0 Å². The molecule has 2 atom stereocenters. The number of sulfonamides is 1. The molecule has 1 fully saturated rings. The Hall–Kier alpha value is -0.990. The van der Waals surface area contributed by atoms with Crippen molar-refractivity contribution in [3.8, 4) is 0 Å². The van der Waals surface area contributed by atoms with E-state index in [0.29, 0.717) is 5.92 Å². The number of hydrogen-bond acceptors (Lipinski definition) is 3. The third-order valence-corrected chi connectivity index (χ3v) is 5.60. The summed E-state index contributed by atoms with van der Waals surface area (Å²) in [5.41, 5.74) is -0.0562. The van der Waals surface area contributed by atoms with E-state index in [0.717, 1.165) is 31.4 Å². The van der Waals surface area contributed by atoms with E-state index in [9.17, 15) is 17.6 Å². The van der Waals surface area contributed by atoms with Crippen molar-refractivity contribution in [1.29, 1.82) is 0 Å². The monoisotopic (exact) mass is 378 g/mol. The van der Waals surface area contributed by atoms with Crippen LogP contribution in [-0.2, 0) is 10.0 Å². The van der Waals surface area contributed by atoms with Gasteiger partial charge in [0.25, 0.3) is 5.91 Å². The number of nitrogens with two attached hydrogens (primary N) is 1. The van der Waals surface area contributed by atoms with E-state index in [1.54, 1.807) is 0 Å². The molecule has 3 N–H and O–H groups in total. The zero-order valence-corrected chi connectivity index (χ0v) is 13.8. The van der Waals surface area contributed by atoms with Gasteiger partial charge in [0, 0.05) is 11.6 Å². The number of amides is 1. The molecule has 21 heavy (non-hydrogen) atoms. The van der Waals surface area contributed by atoms with Crippen LogP contribution in [-0.4, -0.2) is 20.4 Å². The molecule has 116 valence electrons. The molecule has 0 bridgehead atoms. The number of nitrogens with one attached hydrogen (secondary N) is 1. The number of carbonyl (C=O) groups excluding carboxylic acids is 1. The lowest BCUT2D eigenvalue weighted by atomic mass is 10.1. The molecule has 8 heteroatoms. The van der Waals surface area contributed by atoms with Gasteiger partial charge in [-0.3, -0.25) is 4.79 Å². The van der Waals surface area contributed by atoms with Crippen molar-refractivity contribution in [3.05, 3.63) is 28.0 Å². The molecular formula is C13H16BrFN2O3S. The summed E-state index contributed by atoms with van der Waals surface area (Å²) in [6.07, 6.45) is 2.77. The van der Waals surface area contributed by atoms with Crippen LogP contribution in [0.5, 0.6) is 0 Å². The summed E-state index contributed by atoms with van der Waals surface area (Å²) >= 11 is 2.83. The molecule has 1 saturated carbocycles. The number of carbonyl (C=O) groups is 1. The molecule has 1 aromatic rings. The highest BCUT2D eigenvalue weighted by Crippen LogP contribution is 2.27. The van der Waals surface area contributed by atoms with E-state index in [1.165, 1.54) is 0 Å². The summed E-state index contributed by atoms with van der Waals surface area (Å²) in [6, 6.07) is 2.11. The first-order valence-corrected chi connectivity index (χ1v) is 8.85. The normalized spacial score (nSPS) is 22.3. The highest BCUT2D eigenvalue weighted by atomic mass is 79.9. The summed E-state index contributed by atoms with van der Waals surface area (Å²) < 4.78 is 36.3. The SMILES string of the molecule is CC1CCC(NC(=O)c2cc(F)c(Br)c(S(N)(=O)=O)c2)C1. The number of primary sulfonamides is 1. The minimum Gasteiger partial charge on any atom is -0.349 e. The molecule has 0 saturated heterocycles. The van der Waals surface area contributed by atoms with Crippen molar-refractivity contribution in [2.24, 2.45) is 11.1 Å². The fourth-order valence-electron chi connectivity index (χ4n) is 2.51. The Kier molecular flexibility index (Phi) is 4.69. The maximum atomic E-state index is 13.8. The zero-order valence-electron chi connectivity index (χ0n) is 11.4. The first kappa shape index (κ1) is 16.4. The van der Waals surface area contributed by atoms with E-state index < -0.39 is 26.6 Å². The number of hydrogen-bond donors (Lipinski definition) is 2. The van der Waals surface area contributed by atoms with E-state index in [-0.39, 0.29) is 16.1 Å². The van der Waals surface area contributed by atoms with Crippen molar-refractivity contribution in [3.63, 3.8) is 0 Å². The van der Waals surface area contributed by atoms with Crippen molar-refractivity contribution in [2.45, 2.75) is 37.1 Å². The average molecular weight is 379 g/mol. The van der Waals surface area contributed by atoms with E-state index in [2.05, 4.69) is 28.2 Å². The highest BCUT2D eigenvalue weighted by Gasteiger charge is 2.25. The summed E-state index contributed by atoms with van der Waals surface area (Å²) in [5.74, 6) is -0.797. The van der Waals surface area contributed by atoms with Gasteiger partial charge in [-0.15, -0.1) is 0 Å². The van der Waals surface area contributed by atoms with Crippen molar-refractivity contribution in [2.75, 3.05) is 0 Å². The Morgan fingerprint density at radius 1 is 1.43 bits per heavy atom. The molecule has 0 aliphatic heterocycles. The molecule has 0 radical (unpaired) electrons. The van der Waals surface area contributed by atoms with Crippen LogP contribution in [0.3, 0.4) is 0 Å². The predicted molar refractivity (Wildman–Crippen MR) is 79.7 cm³/mol. The van der Waals surface area contributed by atoms with Gasteiger partial charge in [-0.25, -0.2) is 17.9 Å². The van der Waals surface area contributed by atoms with Gasteiger partial charge in [0.1, 0.15) is 5.82 Å². The summed E-state index contributed by atoms with van der Waals surface area (Å²) in [4.78, 5) is 11.7. The van der Waals surface area contributed by atoms with Gasteiger partial charge in [0.2, 0.25) is 10.0 Å². The fraction of sp³-hybridized carbons (Fsp3) is 0.462. The summed E-state index contributed by atoms with van der Waals surface area (Å²) in [6.45, 7) is 2.10. The molecule has 0 heterocycles. The van der Waals surface area contributed by atoms with Gasteiger partial charge < -0.3 is 5.32 Å². The summed E-state index contributed by atoms with van der Waals surface area (Å²) in [7, 11) is -4.11. The molecule has 2 rings (SSSR count). The van der Waals surface area contributed by atoms with Crippen LogP contribution in [0, 0.1) is 11.7 Å². The Bertz CT molecular complexity index is 678. The molecule has 1 amide bonds. The third kappa shape index (κ3) is 3.81. The molecule has 0 spiro atoms. The van der Waals surface area contributed by atoms with E-state index >= 15 is 0 Å². The quantitative estimate of drug-likeness (QED) is 0.844. The van der Waals surface area contributed by atoms with Gasteiger partial charge >= 0.3 is 0 Å².